The molecule has 0 spiro atoms. The Balaban J connectivity index is 1.49. The van der Waals surface area contributed by atoms with E-state index in [1.165, 1.54) is 19.1 Å². The summed E-state index contributed by atoms with van der Waals surface area (Å²) in [5.74, 6) is -0.485. The zero-order valence-corrected chi connectivity index (χ0v) is 17.5. The number of amides is 1. The van der Waals surface area contributed by atoms with E-state index in [-0.39, 0.29) is 11.5 Å². The van der Waals surface area contributed by atoms with Gasteiger partial charge >= 0.3 is 5.97 Å². The Labute approximate surface area is 185 Å². The van der Waals surface area contributed by atoms with Gasteiger partial charge in [-0.1, -0.05) is 48.5 Å². The predicted octanol–water partition coefficient (Wildman–Crippen LogP) is 4.74. The number of rotatable bonds is 7. The Morgan fingerprint density at radius 2 is 1.56 bits per heavy atom. The molecule has 1 aromatic heterocycles. The summed E-state index contributed by atoms with van der Waals surface area (Å²) in [6, 6.07) is 25.4. The molecular formula is C26H22N2O4. The van der Waals surface area contributed by atoms with Crippen LogP contribution in [0.2, 0.25) is 0 Å². The Hall–Kier alpha value is -4.19. The highest BCUT2D eigenvalue weighted by molar-refractivity contribution is 5.87. The van der Waals surface area contributed by atoms with E-state index >= 15 is 0 Å². The molecule has 1 atom stereocenters. The Morgan fingerprint density at radius 1 is 0.906 bits per heavy atom. The van der Waals surface area contributed by atoms with Gasteiger partial charge in [-0.25, -0.2) is 9.78 Å². The van der Waals surface area contributed by atoms with E-state index in [0.29, 0.717) is 12.4 Å². The monoisotopic (exact) mass is 426 g/mol. The normalized spacial score (nSPS) is 11.7. The summed E-state index contributed by atoms with van der Waals surface area (Å²) in [4.78, 5) is 27.5. The minimum absolute atomic E-state index is 0.181. The number of nitrogens with one attached hydrogen (secondary N) is 1. The standard InChI is InChI=1S/C26H22N2O4/c1-17(29)27-25(19-6-8-21(9-7-19)26(30)31)20-11-14-23(15-12-20)32-16-22-13-10-18-4-2-3-5-24(18)28-22/h2-15,25H,16H2,1H3,(H,27,29)(H,30,31). The molecule has 0 aliphatic carbocycles. The van der Waals surface area contributed by atoms with Gasteiger partial charge in [0.15, 0.2) is 0 Å². The number of hydrogen-bond donors (Lipinski definition) is 2. The van der Waals surface area contributed by atoms with Crippen molar-refractivity contribution in [3.63, 3.8) is 0 Å². The second-order valence-electron chi connectivity index (χ2n) is 7.41. The first kappa shape index (κ1) is 21.1. The number of aromatic carboxylic acids is 1. The average molecular weight is 426 g/mol. The number of hydrogen-bond acceptors (Lipinski definition) is 4. The smallest absolute Gasteiger partial charge is 0.335 e. The van der Waals surface area contributed by atoms with Crippen molar-refractivity contribution in [2.24, 2.45) is 0 Å². The third-order valence-corrected chi connectivity index (χ3v) is 5.09. The predicted molar refractivity (Wildman–Crippen MR) is 122 cm³/mol. The van der Waals surface area contributed by atoms with E-state index in [2.05, 4.69) is 10.3 Å². The zero-order valence-electron chi connectivity index (χ0n) is 17.5. The van der Waals surface area contributed by atoms with Crippen LogP contribution in [-0.2, 0) is 11.4 Å². The van der Waals surface area contributed by atoms with E-state index in [1.54, 1.807) is 12.1 Å². The number of benzene rings is 3. The van der Waals surface area contributed by atoms with Gasteiger partial charge in [-0.3, -0.25) is 4.79 Å². The number of ether oxygens (including phenoxy) is 1. The number of nitrogens with zero attached hydrogens (tertiary/aromatic N) is 1. The van der Waals surface area contributed by atoms with E-state index in [1.807, 2.05) is 60.7 Å². The maximum atomic E-state index is 11.8. The van der Waals surface area contributed by atoms with Crippen molar-refractivity contribution in [1.82, 2.24) is 10.3 Å². The van der Waals surface area contributed by atoms with Gasteiger partial charge in [-0.15, -0.1) is 0 Å². The van der Waals surface area contributed by atoms with Gasteiger partial charge in [0.1, 0.15) is 12.4 Å². The maximum absolute atomic E-state index is 11.8. The van der Waals surface area contributed by atoms with Crippen LogP contribution in [0.3, 0.4) is 0 Å². The molecule has 0 radical (unpaired) electrons. The molecule has 1 amide bonds. The van der Waals surface area contributed by atoms with Gasteiger partial charge in [-0.2, -0.15) is 0 Å². The number of fused-ring (bicyclic) bond motifs is 1. The first-order chi connectivity index (χ1) is 15.5. The molecule has 2 N–H and O–H groups in total. The third-order valence-electron chi connectivity index (χ3n) is 5.09. The van der Waals surface area contributed by atoms with Crippen molar-refractivity contribution >= 4 is 22.8 Å². The lowest BCUT2D eigenvalue weighted by Crippen LogP contribution is -2.26. The molecule has 1 unspecified atom stereocenters. The molecule has 3 aromatic carbocycles. The molecule has 0 fully saturated rings. The van der Waals surface area contributed by atoms with Gasteiger partial charge in [0.25, 0.3) is 0 Å². The van der Waals surface area contributed by atoms with Crippen LogP contribution in [0, 0.1) is 0 Å². The molecule has 0 bridgehead atoms. The van der Waals surface area contributed by atoms with E-state index < -0.39 is 12.0 Å². The molecule has 0 saturated heterocycles. The van der Waals surface area contributed by atoms with Crippen molar-refractivity contribution in [2.75, 3.05) is 0 Å². The molecule has 1 heterocycles. The number of carbonyl (C=O) groups is 2. The SMILES string of the molecule is CC(=O)NC(c1ccc(OCc2ccc3ccccc3n2)cc1)c1ccc(C(=O)O)cc1. The summed E-state index contributed by atoms with van der Waals surface area (Å²) < 4.78 is 5.89. The second-order valence-corrected chi connectivity index (χ2v) is 7.41. The van der Waals surface area contributed by atoms with E-state index in [0.717, 1.165) is 27.7 Å². The van der Waals surface area contributed by atoms with Crippen LogP contribution in [0.25, 0.3) is 10.9 Å². The van der Waals surface area contributed by atoms with Crippen molar-refractivity contribution < 1.29 is 19.4 Å². The fraction of sp³-hybridized carbons (Fsp3) is 0.115. The summed E-state index contributed by atoms with van der Waals surface area (Å²) in [5.41, 5.74) is 3.61. The lowest BCUT2D eigenvalue weighted by atomic mass is 9.97. The highest BCUT2D eigenvalue weighted by Gasteiger charge is 2.16. The molecule has 4 rings (SSSR count). The summed E-state index contributed by atoms with van der Waals surface area (Å²) in [6.45, 7) is 1.79. The lowest BCUT2D eigenvalue weighted by molar-refractivity contribution is -0.119. The third kappa shape index (κ3) is 4.92. The second kappa shape index (κ2) is 9.31. The number of para-hydroxylation sites is 1. The van der Waals surface area contributed by atoms with Crippen LogP contribution in [0.4, 0.5) is 0 Å². The summed E-state index contributed by atoms with van der Waals surface area (Å²) in [7, 11) is 0. The van der Waals surface area contributed by atoms with Gasteiger partial charge < -0.3 is 15.2 Å². The molecular weight excluding hydrogens is 404 g/mol. The number of carboxylic acid groups (broad SMARTS) is 1. The first-order valence-corrected chi connectivity index (χ1v) is 10.2. The zero-order chi connectivity index (χ0) is 22.5. The van der Waals surface area contributed by atoms with Crippen LogP contribution in [0.1, 0.15) is 40.1 Å². The van der Waals surface area contributed by atoms with Crippen molar-refractivity contribution in [3.8, 4) is 5.75 Å². The van der Waals surface area contributed by atoms with Crippen molar-refractivity contribution in [2.45, 2.75) is 19.6 Å². The number of pyridine rings is 1. The van der Waals surface area contributed by atoms with Crippen LogP contribution < -0.4 is 10.1 Å². The Bertz CT molecular complexity index is 1250. The van der Waals surface area contributed by atoms with E-state index in [9.17, 15) is 9.59 Å². The van der Waals surface area contributed by atoms with Gasteiger partial charge in [-0.05, 0) is 47.5 Å². The van der Waals surface area contributed by atoms with Crippen molar-refractivity contribution in [3.05, 3.63) is 107 Å². The Kier molecular flexibility index (Phi) is 6.12. The first-order valence-electron chi connectivity index (χ1n) is 10.2. The minimum Gasteiger partial charge on any atom is -0.487 e. The number of aromatic nitrogens is 1. The number of carbonyl (C=O) groups excluding carboxylic acids is 1. The van der Waals surface area contributed by atoms with Crippen LogP contribution in [0.5, 0.6) is 5.75 Å². The van der Waals surface area contributed by atoms with Crippen molar-refractivity contribution in [1.29, 1.82) is 0 Å². The fourth-order valence-corrected chi connectivity index (χ4v) is 3.48. The summed E-state index contributed by atoms with van der Waals surface area (Å²) in [6.07, 6.45) is 0. The van der Waals surface area contributed by atoms with Crippen LogP contribution in [-0.4, -0.2) is 22.0 Å². The molecule has 0 aliphatic rings. The quantitative estimate of drug-likeness (QED) is 0.446. The molecule has 0 saturated carbocycles. The maximum Gasteiger partial charge on any atom is 0.335 e. The van der Waals surface area contributed by atoms with Crippen LogP contribution >= 0.6 is 0 Å². The van der Waals surface area contributed by atoms with E-state index in [4.69, 9.17) is 9.84 Å². The van der Waals surface area contributed by atoms with Gasteiger partial charge in [0.2, 0.25) is 5.91 Å². The fourth-order valence-electron chi connectivity index (χ4n) is 3.48. The molecule has 6 nitrogen and oxygen atoms in total. The molecule has 4 aromatic rings. The topological polar surface area (TPSA) is 88.5 Å². The van der Waals surface area contributed by atoms with Crippen LogP contribution in [0.15, 0.2) is 84.9 Å². The molecule has 32 heavy (non-hydrogen) atoms. The summed E-state index contributed by atoms with van der Waals surface area (Å²) in [5, 5.41) is 13.1. The van der Waals surface area contributed by atoms with Gasteiger partial charge in [0.05, 0.1) is 22.8 Å². The lowest BCUT2D eigenvalue weighted by Gasteiger charge is -2.19. The number of carboxylic acids is 1. The molecule has 0 aliphatic heterocycles. The molecule has 160 valence electrons. The largest absolute Gasteiger partial charge is 0.487 e. The average Bonchev–Trinajstić information content (AvgIpc) is 2.81. The van der Waals surface area contributed by atoms with Gasteiger partial charge in [0, 0.05) is 12.3 Å². The minimum atomic E-state index is -0.991. The Morgan fingerprint density at radius 3 is 2.22 bits per heavy atom. The summed E-state index contributed by atoms with van der Waals surface area (Å²) >= 11 is 0. The highest BCUT2D eigenvalue weighted by atomic mass is 16.5. The highest BCUT2D eigenvalue weighted by Crippen LogP contribution is 2.25. The molecule has 6 heteroatoms.